The molecule has 3 rings (SSSR count). The van der Waals surface area contributed by atoms with E-state index in [0.717, 1.165) is 12.1 Å². The van der Waals surface area contributed by atoms with E-state index in [0.29, 0.717) is 32.5 Å². The summed E-state index contributed by atoms with van der Waals surface area (Å²) in [6.45, 7) is 3.74. The molecule has 1 aromatic rings. The van der Waals surface area contributed by atoms with Gasteiger partial charge in [0.25, 0.3) is 0 Å². The maximum absolute atomic E-state index is 12.6. The van der Waals surface area contributed by atoms with Gasteiger partial charge in [0, 0.05) is 31.7 Å². The highest BCUT2D eigenvalue weighted by molar-refractivity contribution is 6.00. The lowest BCUT2D eigenvalue weighted by Crippen LogP contribution is -2.43. The third-order valence-electron chi connectivity index (χ3n) is 4.91. The van der Waals surface area contributed by atoms with Crippen LogP contribution in [0.4, 0.5) is 5.69 Å². The van der Waals surface area contributed by atoms with Gasteiger partial charge in [-0.05, 0) is 37.0 Å². The number of piperidine rings is 1. The molecular weight excluding hydrogens is 292 g/mol. The molecule has 2 heterocycles. The number of amides is 2. The molecule has 2 aliphatic heterocycles. The molecule has 0 bridgehead atoms. The fourth-order valence-corrected chi connectivity index (χ4v) is 3.38. The van der Waals surface area contributed by atoms with E-state index in [9.17, 15) is 14.7 Å². The molecule has 5 heteroatoms. The van der Waals surface area contributed by atoms with Crippen LogP contribution >= 0.6 is 0 Å². The average Bonchev–Trinajstić information content (AvgIpc) is 2.97. The topological polar surface area (TPSA) is 60.9 Å². The van der Waals surface area contributed by atoms with Crippen molar-refractivity contribution in [2.24, 2.45) is 5.92 Å². The van der Waals surface area contributed by atoms with Gasteiger partial charge in [0.05, 0.1) is 12.0 Å². The van der Waals surface area contributed by atoms with Crippen molar-refractivity contribution in [2.45, 2.75) is 38.7 Å². The van der Waals surface area contributed by atoms with Crippen molar-refractivity contribution in [3.8, 4) is 0 Å². The molecular formula is C18H24N2O3. The fourth-order valence-electron chi connectivity index (χ4n) is 3.38. The molecule has 5 nitrogen and oxygen atoms in total. The van der Waals surface area contributed by atoms with Crippen molar-refractivity contribution in [1.29, 1.82) is 0 Å². The molecule has 2 saturated heterocycles. The molecule has 0 aliphatic carbocycles. The van der Waals surface area contributed by atoms with Crippen LogP contribution in [0.1, 0.15) is 31.7 Å². The summed E-state index contributed by atoms with van der Waals surface area (Å²) in [6.07, 6.45) is 2.23. The first-order chi connectivity index (χ1) is 11.1. The molecule has 0 saturated carbocycles. The van der Waals surface area contributed by atoms with E-state index >= 15 is 0 Å². The molecule has 1 aromatic carbocycles. The van der Waals surface area contributed by atoms with Gasteiger partial charge in [-0.2, -0.15) is 0 Å². The first kappa shape index (κ1) is 16.0. The Morgan fingerprint density at radius 2 is 1.87 bits per heavy atom. The van der Waals surface area contributed by atoms with E-state index in [2.05, 4.69) is 6.92 Å². The number of hydrogen-bond donors (Lipinski definition) is 1. The van der Waals surface area contributed by atoms with Gasteiger partial charge in [0.15, 0.2) is 0 Å². The number of aryl methyl sites for hydroxylation is 1. The van der Waals surface area contributed by atoms with Gasteiger partial charge < -0.3 is 14.9 Å². The standard InChI is InChI=1S/C18H24N2O3/c1-2-13-3-5-15(6-4-13)20-12-14(11-17(20)22)18(23)19-9-7-16(21)8-10-19/h3-6,14,16,21H,2,7-12H2,1H3. The number of aliphatic hydroxyl groups is 1. The fraction of sp³-hybridized carbons (Fsp3) is 0.556. The summed E-state index contributed by atoms with van der Waals surface area (Å²) in [7, 11) is 0. The lowest BCUT2D eigenvalue weighted by atomic mass is 10.0. The molecule has 1 atom stereocenters. The molecule has 0 spiro atoms. The first-order valence-corrected chi connectivity index (χ1v) is 8.44. The highest BCUT2D eigenvalue weighted by Gasteiger charge is 2.37. The Balaban J connectivity index is 1.65. The van der Waals surface area contributed by atoms with E-state index in [4.69, 9.17) is 0 Å². The van der Waals surface area contributed by atoms with Crippen molar-refractivity contribution in [3.63, 3.8) is 0 Å². The Labute approximate surface area is 136 Å². The van der Waals surface area contributed by atoms with E-state index < -0.39 is 0 Å². The highest BCUT2D eigenvalue weighted by Crippen LogP contribution is 2.27. The van der Waals surface area contributed by atoms with Gasteiger partial charge in [0.2, 0.25) is 11.8 Å². The molecule has 2 fully saturated rings. The van der Waals surface area contributed by atoms with Gasteiger partial charge in [-0.3, -0.25) is 9.59 Å². The second-order valence-corrected chi connectivity index (χ2v) is 6.48. The largest absolute Gasteiger partial charge is 0.393 e. The minimum absolute atomic E-state index is 0.0182. The van der Waals surface area contributed by atoms with Crippen LogP contribution in [0.2, 0.25) is 0 Å². The lowest BCUT2D eigenvalue weighted by Gasteiger charge is -2.31. The van der Waals surface area contributed by atoms with Crippen molar-refractivity contribution < 1.29 is 14.7 Å². The van der Waals surface area contributed by atoms with Crippen LogP contribution in [0.3, 0.4) is 0 Å². The predicted octanol–water partition coefficient (Wildman–Crippen LogP) is 1.59. The van der Waals surface area contributed by atoms with Crippen molar-refractivity contribution in [1.82, 2.24) is 4.90 Å². The maximum Gasteiger partial charge on any atom is 0.228 e. The van der Waals surface area contributed by atoms with E-state index in [1.165, 1.54) is 5.56 Å². The summed E-state index contributed by atoms with van der Waals surface area (Å²) in [5.74, 6) is -0.189. The number of anilines is 1. The Bertz CT molecular complexity index is 576. The van der Waals surface area contributed by atoms with Crippen molar-refractivity contribution in [3.05, 3.63) is 29.8 Å². The smallest absolute Gasteiger partial charge is 0.228 e. The minimum Gasteiger partial charge on any atom is -0.393 e. The Kier molecular flexibility index (Phi) is 4.66. The number of carbonyl (C=O) groups excluding carboxylic acids is 2. The monoisotopic (exact) mass is 316 g/mol. The number of likely N-dealkylation sites (tertiary alicyclic amines) is 1. The second-order valence-electron chi connectivity index (χ2n) is 6.48. The van der Waals surface area contributed by atoms with Gasteiger partial charge in [-0.1, -0.05) is 19.1 Å². The zero-order valence-corrected chi connectivity index (χ0v) is 13.6. The average molecular weight is 316 g/mol. The van der Waals surface area contributed by atoms with E-state index in [1.807, 2.05) is 24.3 Å². The Morgan fingerprint density at radius 1 is 1.22 bits per heavy atom. The van der Waals surface area contributed by atoms with Crippen LogP contribution in [0, 0.1) is 5.92 Å². The highest BCUT2D eigenvalue weighted by atomic mass is 16.3. The van der Waals surface area contributed by atoms with Crippen LogP contribution in [-0.4, -0.2) is 47.6 Å². The molecule has 0 aromatic heterocycles. The maximum atomic E-state index is 12.6. The zero-order valence-electron chi connectivity index (χ0n) is 13.6. The van der Waals surface area contributed by atoms with Crippen molar-refractivity contribution >= 4 is 17.5 Å². The van der Waals surface area contributed by atoms with Crippen LogP contribution in [0.15, 0.2) is 24.3 Å². The van der Waals surface area contributed by atoms with E-state index in [-0.39, 0.29) is 30.3 Å². The number of nitrogens with zero attached hydrogens (tertiary/aromatic N) is 2. The summed E-state index contributed by atoms with van der Waals surface area (Å²) in [6, 6.07) is 7.98. The van der Waals surface area contributed by atoms with Gasteiger partial charge in [-0.15, -0.1) is 0 Å². The molecule has 1 unspecified atom stereocenters. The van der Waals surface area contributed by atoms with Gasteiger partial charge in [0.1, 0.15) is 0 Å². The minimum atomic E-state index is -0.294. The second kappa shape index (κ2) is 6.71. The number of carbonyl (C=O) groups is 2. The van der Waals surface area contributed by atoms with Crippen LogP contribution < -0.4 is 4.90 Å². The summed E-state index contributed by atoms with van der Waals surface area (Å²) in [4.78, 5) is 28.4. The summed E-state index contributed by atoms with van der Waals surface area (Å²) >= 11 is 0. The third kappa shape index (κ3) is 3.39. The molecule has 2 amide bonds. The van der Waals surface area contributed by atoms with Gasteiger partial charge >= 0.3 is 0 Å². The molecule has 2 aliphatic rings. The number of rotatable bonds is 3. The third-order valence-corrected chi connectivity index (χ3v) is 4.91. The number of hydrogen-bond acceptors (Lipinski definition) is 3. The summed E-state index contributed by atoms with van der Waals surface area (Å²) in [5.41, 5.74) is 2.11. The van der Waals surface area contributed by atoms with Gasteiger partial charge in [-0.25, -0.2) is 0 Å². The quantitative estimate of drug-likeness (QED) is 0.921. The Morgan fingerprint density at radius 3 is 2.48 bits per heavy atom. The molecule has 23 heavy (non-hydrogen) atoms. The molecule has 0 radical (unpaired) electrons. The van der Waals surface area contributed by atoms with Crippen LogP contribution in [0.25, 0.3) is 0 Å². The number of benzene rings is 1. The number of aliphatic hydroxyl groups excluding tert-OH is 1. The van der Waals surface area contributed by atoms with E-state index in [1.54, 1.807) is 9.80 Å². The zero-order chi connectivity index (χ0) is 16.4. The molecule has 1 N–H and O–H groups in total. The molecule has 124 valence electrons. The normalized spacial score (nSPS) is 22.7. The lowest BCUT2D eigenvalue weighted by molar-refractivity contribution is -0.137. The summed E-state index contributed by atoms with van der Waals surface area (Å²) < 4.78 is 0. The van der Waals surface area contributed by atoms with Crippen LogP contribution in [0.5, 0.6) is 0 Å². The van der Waals surface area contributed by atoms with Crippen molar-refractivity contribution in [2.75, 3.05) is 24.5 Å². The summed E-state index contributed by atoms with van der Waals surface area (Å²) in [5, 5.41) is 9.55. The Hall–Kier alpha value is -1.88. The predicted molar refractivity (Wildman–Crippen MR) is 88.1 cm³/mol. The first-order valence-electron chi connectivity index (χ1n) is 8.44. The SMILES string of the molecule is CCc1ccc(N2CC(C(=O)N3CCC(O)CC3)CC2=O)cc1. The van der Waals surface area contributed by atoms with Crippen LogP contribution in [-0.2, 0) is 16.0 Å².